The fourth-order valence-corrected chi connectivity index (χ4v) is 2.92. The number of nitrogens with zero attached hydrogens (tertiary/aromatic N) is 3. The molecule has 1 amide bonds. The summed E-state index contributed by atoms with van der Waals surface area (Å²) in [5.41, 5.74) is -0.00151. The monoisotopic (exact) mass is 378 g/mol. The van der Waals surface area contributed by atoms with Crippen molar-refractivity contribution in [3.63, 3.8) is 0 Å². The summed E-state index contributed by atoms with van der Waals surface area (Å²) in [7, 11) is 0. The first-order valence-electron chi connectivity index (χ1n) is 7.01. The second kappa shape index (κ2) is 6.25. The molecule has 24 heavy (non-hydrogen) atoms. The lowest BCUT2D eigenvalue weighted by Crippen LogP contribution is -2.47. The summed E-state index contributed by atoms with van der Waals surface area (Å²) in [4.78, 5) is 12.3. The van der Waals surface area contributed by atoms with Gasteiger partial charge in [0.1, 0.15) is 11.7 Å². The first-order chi connectivity index (χ1) is 11.3. The van der Waals surface area contributed by atoms with Crippen LogP contribution in [-0.2, 0) is 0 Å². The second-order valence-corrected chi connectivity index (χ2v) is 6.25. The van der Waals surface area contributed by atoms with Gasteiger partial charge in [-0.1, -0.05) is 34.5 Å². The van der Waals surface area contributed by atoms with Gasteiger partial charge in [-0.2, -0.15) is 13.2 Å². The zero-order valence-electron chi connectivity index (χ0n) is 12.0. The van der Waals surface area contributed by atoms with Crippen LogP contribution in [0, 0.1) is 5.92 Å². The Labute approximate surface area is 144 Å². The van der Waals surface area contributed by atoms with Crippen LogP contribution in [0.4, 0.5) is 13.2 Å². The van der Waals surface area contributed by atoms with Crippen molar-refractivity contribution >= 4 is 29.1 Å². The van der Waals surface area contributed by atoms with E-state index in [2.05, 4.69) is 10.3 Å². The van der Waals surface area contributed by atoms with Crippen molar-refractivity contribution in [1.82, 2.24) is 20.3 Å². The lowest BCUT2D eigenvalue weighted by Gasteiger charge is -2.21. The molecule has 1 saturated carbocycles. The van der Waals surface area contributed by atoms with Crippen LogP contribution in [0.2, 0.25) is 10.0 Å². The normalized spacial score (nSPS) is 16.0. The van der Waals surface area contributed by atoms with Crippen molar-refractivity contribution in [3.05, 3.63) is 40.1 Å². The zero-order chi connectivity index (χ0) is 17.5. The molecule has 1 atom stereocenters. The summed E-state index contributed by atoms with van der Waals surface area (Å²) < 4.78 is 40.2. The summed E-state index contributed by atoms with van der Waals surface area (Å²) >= 11 is 12.1. The third kappa shape index (κ3) is 3.34. The Hall–Kier alpha value is -1.80. The van der Waals surface area contributed by atoms with Gasteiger partial charge in [-0.05, 0) is 30.9 Å². The molecule has 1 aliphatic carbocycles. The Morgan fingerprint density at radius 2 is 1.92 bits per heavy atom. The number of halogens is 5. The Kier molecular flexibility index (Phi) is 4.44. The van der Waals surface area contributed by atoms with Gasteiger partial charge in [0.2, 0.25) is 0 Å². The van der Waals surface area contributed by atoms with Gasteiger partial charge < -0.3 is 5.32 Å². The van der Waals surface area contributed by atoms with Gasteiger partial charge in [-0.15, -0.1) is 5.10 Å². The van der Waals surface area contributed by atoms with Gasteiger partial charge >= 0.3 is 6.18 Å². The van der Waals surface area contributed by atoms with Crippen LogP contribution in [0.3, 0.4) is 0 Å². The molecule has 128 valence electrons. The Balaban J connectivity index is 1.91. The second-order valence-electron chi connectivity index (χ2n) is 5.43. The van der Waals surface area contributed by atoms with Crippen LogP contribution in [0.15, 0.2) is 24.4 Å². The summed E-state index contributed by atoms with van der Waals surface area (Å²) in [5, 5.41) is 9.70. The predicted molar refractivity (Wildman–Crippen MR) is 81.4 cm³/mol. The number of alkyl halides is 3. The number of nitrogens with one attached hydrogen (secondary N) is 1. The van der Waals surface area contributed by atoms with E-state index in [4.69, 9.17) is 23.2 Å². The van der Waals surface area contributed by atoms with E-state index in [9.17, 15) is 18.0 Å². The van der Waals surface area contributed by atoms with Crippen LogP contribution in [0.25, 0.3) is 5.69 Å². The van der Waals surface area contributed by atoms with Gasteiger partial charge in [-0.25, -0.2) is 4.68 Å². The third-order valence-electron chi connectivity index (χ3n) is 3.66. The number of aromatic nitrogens is 3. The molecule has 3 rings (SSSR count). The van der Waals surface area contributed by atoms with E-state index in [1.165, 1.54) is 12.1 Å². The van der Waals surface area contributed by atoms with Crippen molar-refractivity contribution in [2.75, 3.05) is 0 Å². The number of para-hydroxylation sites is 1. The van der Waals surface area contributed by atoms with Crippen molar-refractivity contribution < 1.29 is 18.0 Å². The lowest BCUT2D eigenvalue weighted by molar-refractivity contribution is -0.158. The highest BCUT2D eigenvalue weighted by molar-refractivity contribution is 6.37. The summed E-state index contributed by atoms with van der Waals surface area (Å²) in [6.45, 7) is 0. The minimum atomic E-state index is -4.52. The number of hydrogen-bond acceptors (Lipinski definition) is 3. The molecule has 10 heteroatoms. The minimum absolute atomic E-state index is 0.179. The van der Waals surface area contributed by atoms with Gasteiger partial charge in [-0.3, -0.25) is 4.79 Å². The van der Waals surface area contributed by atoms with E-state index in [1.54, 1.807) is 6.07 Å². The Bertz CT molecular complexity index is 753. The molecule has 0 bridgehead atoms. The smallest absolute Gasteiger partial charge is 0.339 e. The molecular formula is C14H11Cl2F3N4O. The standard InChI is InChI=1S/C14H11Cl2F3N4O/c15-8-2-1-3-9(16)11(8)23-10(6-20-22-23)13(24)21-12(7-4-5-7)14(17,18)19/h1-3,6-7,12H,4-5H2,(H,21,24). The topological polar surface area (TPSA) is 59.8 Å². The molecule has 2 aromatic rings. The third-order valence-corrected chi connectivity index (χ3v) is 4.27. The summed E-state index contributed by atoms with van der Waals surface area (Å²) in [6, 6.07) is 2.75. The minimum Gasteiger partial charge on any atom is -0.339 e. The summed E-state index contributed by atoms with van der Waals surface area (Å²) in [6.07, 6.45) is -2.59. The molecule has 0 spiro atoms. The maximum Gasteiger partial charge on any atom is 0.408 e. The maximum absolute atomic E-state index is 13.1. The number of rotatable bonds is 4. The van der Waals surface area contributed by atoms with E-state index in [0.29, 0.717) is 12.8 Å². The van der Waals surface area contributed by atoms with E-state index < -0.39 is 24.0 Å². The van der Waals surface area contributed by atoms with Crippen molar-refractivity contribution in [2.45, 2.75) is 25.1 Å². The molecule has 1 aromatic heterocycles. The van der Waals surface area contributed by atoms with Crippen molar-refractivity contribution in [1.29, 1.82) is 0 Å². The largest absolute Gasteiger partial charge is 0.408 e. The molecule has 5 nitrogen and oxygen atoms in total. The SMILES string of the molecule is O=C(NC(C1CC1)C(F)(F)F)c1cnnn1-c1c(Cl)cccc1Cl. The van der Waals surface area contributed by atoms with E-state index in [-0.39, 0.29) is 21.4 Å². The van der Waals surface area contributed by atoms with Crippen LogP contribution in [0.1, 0.15) is 23.3 Å². The van der Waals surface area contributed by atoms with E-state index in [1.807, 2.05) is 5.32 Å². The first kappa shape index (κ1) is 17.0. The maximum atomic E-state index is 13.1. The van der Waals surface area contributed by atoms with Crippen molar-refractivity contribution in [2.24, 2.45) is 5.92 Å². The van der Waals surface area contributed by atoms with Gasteiger partial charge in [0.15, 0.2) is 5.69 Å². The first-order valence-corrected chi connectivity index (χ1v) is 7.77. The Morgan fingerprint density at radius 3 is 2.46 bits per heavy atom. The van der Waals surface area contributed by atoms with Crippen LogP contribution in [0.5, 0.6) is 0 Å². The highest BCUT2D eigenvalue weighted by atomic mass is 35.5. The molecule has 1 fully saturated rings. The molecule has 1 aliphatic rings. The number of amides is 1. The molecule has 1 unspecified atom stereocenters. The predicted octanol–water partition coefficient (Wildman–Crippen LogP) is 3.64. The van der Waals surface area contributed by atoms with Crippen LogP contribution < -0.4 is 5.32 Å². The number of benzene rings is 1. The highest BCUT2D eigenvalue weighted by Crippen LogP contribution is 2.40. The van der Waals surface area contributed by atoms with E-state index >= 15 is 0 Å². The lowest BCUT2D eigenvalue weighted by atomic mass is 10.1. The van der Waals surface area contributed by atoms with E-state index in [0.717, 1.165) is 10.9 Å². The molecule has 1 aromatic carbocycles. The molecule has 1 N–H and O–H groups in total. The molecule has 1 heterocycles. The zero-order valence-corrected chi connectivity index (χ0v) is 13.5. The van der Waals surface area contributed by atoms with Crippen molar-refractivity contribution in [3.8, 4) is 5.69 Å². The molecule has 0 aliphatic heterocycles. The van der Waals surface area contributed by atoms with Gasteiger partial charge in [0.05, 0.1) is 16.2 Å². The van der Waals surface area contributed by atoms with Crippen LogP contribution in [-0.4, -0.2) is 33.1 Å². The number of carbonyl (C=O) groups excluding carboxylic acids is 1. The average Bonchev–Trinajstić information content (AvgIpc) is 3.20. The Morgan fingerprint density at radius 1 is 1.29 bits per heavy atom. The van der Waals surface area contributed by atoms with Gasteiger partial charge in [0.25, 0.3) is 5.91 Å². The number of carbonyl (C=O) groups is 1. The van der Waals surface area contributed by atoms with Gasteiger partial charge in [0, 0.05) is 0 Å². The quantitative estimate of drug-likeness (QED) is 0.883. The number of hydrogen-bond donors (Lipinski definition) is 1. The molecule has 0 saturated heterocycles. The average molecular weight is 379 g/mol. The fraction of sp³-hybridized carbons (Fsp3) is 0.357. The fourth-order valence-electron chi connectivity index (χ4n) is 2.36. The highest BCUT2D eigenvalue weighted by Gasteiger charge is 2.50. The van der Waals surface area contributed by atoms with Crippen LogP contribution >= 0.6 is 23.2 Å². The summed E-state index contributed by atoms with van der Waals surface area (Å²) in [5.74, 6) is -1.53. The molecule has 0 radical (unpaired) electrons. The molecular weight excluding hydrogens is 368 g/mol.